The minimum absolute atomic E-state index is 0.0204. The number of alkyl halides is 5. The summed E-state index contributed by atoms with van der Waals surface area (Å²) in [5, 5.41) is 18.6. The summed E-state index contributed by atoms with van der Waals surface area (Å²) in [5.41, 5.74) is -0.437. The molecule has 3 rings (SSSR count). The second kappa shape index (κ2) is 11.6. The summed E-state index contributed by atoms with van der Waals surface area (Å²) < 4.78 is 79.1. The predicted molar refractivity (Wildman–Crippen MR) is 127 cm³/mol. The number of aromatic nitrogens is 3. The van der Waals surface area contributed by atoms with Gasteiger partial charge in [0.05, 0.1) is 16.8 Å². The van der Waals surface area contributed by atoms with Gasteiger partial charge < -0.3 is 19.5 Å². The van der Waals surface area contributed by atoms with E-state index in [4.69, 9.17) is 9.47 Å². The van der Waals surface area contributed by atoms with Crippen molar-refractivity contribution in [1.29, 1.82) is 0 Å². The number of aliphatic hydroxyl groups excluding tert-OH is 1. The Morgan fingerprint density at radius 2 is 2.00 bits per heavy atom. The van der Waals surface area contributed by atoms with Crippen molar-refractivity contribution in [2.45, 2.75) is 32.6 Å². The summed E-state index contributed by atoms with van der Waals surface area (Å²) >= 11 is 0. The van der Waals surface area contributed by atoms with Gasteiger partial charge in [0.25, 0.3) is 12.3 Å². The molecule has 1 N–H and O–H groups in total. The van der Waals surface area contributed by atoms with E-state index in [2.05, 4.69) is 15.2 Å². The quantitative estimate of drug-likeness (QED) is 0.134. The first-order valence-electron chi connectivity index (χ1n) is 11.2. The molecule has 1 unspecified atom stereocenters. The van der Waals surface area contributed by atoms with E-state index in [1.807, 2.05) is 0 Å². The molecule has 0 fully saturated rings. The number of anilines is 1. The van der Waals surface area contributed by atoms with Gasteiger partial charge in [0.1, 0.15) is 17.7 Å². The molecule has 0 saturated carbocycles. The van der Waals surface area contributed by atoms with Crippen molar-refractivity contribution in [1.82, 2.24) is 19.7 Å². The molecule has 1 atom stereocenters. The van der Waals surface area contributed by atoms with E-state index in [9.17, 15) is 31.9 Å². The van der Waals surface area contributed by atoms with Crippen molar-refractivity contribution < 1.29 is 41.3 Å². The van der Waals surface area contributed by atoms with Gasteiger partial charge in [-0.2, -0.15) is 13.2 Å². The van der Waals surface area contributed by atoms with Crippen molar-refractivity contribution in [3.63, 3.8) is 0 Å². The van der Waals surface area contributed by atoms with E-state index in [1.54, 1.807) is 18.9 Å². The fraction of sp³-hybridized carbons (Fsp3) is 0.391. The third-order valence-corrected chi connectivity index (χ3v) is 5.51. The lowest BCUT2D eigenvalue weighted by Crippen LogP contribution is -2.32. The van der Waals surface area contributed by atoms with Gasteiger partial charge >= 0.3 is 6.18 Å². The number of hydrazone groups is 1. The van der Waals surface area contributed by atoms with Crippen LogP contribution < -0.4 is 14.5 Å². The number of hydrogen-bond donors (Lipinski definition) is 1. The second-order valence-electron chi connectivity index (χ2n) is 8.01. The van der Waals surface area contributed by atoms with E-state index in [1.165, 1.54) is 30.1 Å². The Bertz CT molecular complexity index is 1310. The number of aliphatic hydroxyl groups is 1. The van der Waals surface area contributed by atoms with Crippen LogP contribution in [0.2, 0.25) is 0 Å². The molecule has 2 heterocycles. The molecule has 206 valence electrons. The average Bonchev–Trinajstić information content (AvgIpc) is 3.18. The van der Waals surface area contributed by atoms with Gasteiger partial charge in [0.2, 0.25) is 12.3 Å². The molecule has 0 aliphatic carbocycles. The van der Waals surface area contributed by atoms with Crippen LogP contribution in [0.5, 0.6) is 17.5 Å². The molecule has 3 aromatic rings. The lowest BCUT2D eigenvalue weighted by Gasteiger charge is -2.22. The predicted octanol–water partition coefficient (Wildman–Crippen LogP) is 4.25. The van der Waals surface area contributed by atoms with Crippen molar-refractivity contribution in [3.05, 3.63) is 36.0 Å². The second-order valence-corrected chi connectivity index (χ2v) is 8.01. The van der Waals surface area contributed by atoms with E-state index in [0.29, 0.717) is 13.0 Å². The highest BCUT2D eigenvalue weighted by molar-refractivity contribution is 5.96. The minimum Gasteiger partial charge on any atom is -0.480 e. The number of likely N-dealkylation sites (N-methyl/N-ethyl adjacent to an activating group) is 1. The van der Waals surface area contributed by atoms with Crippen LogP contribution in [0.1, 0.15) is 25.8 Å². The third kappa shape index (κ3) is 6.10. The Labute approximate surface area is 213 Å². The van der Waals surface area contributed by atoms with Crippen LogP contribution in [0.3, 0.4) is 0 Å². The summed E-state index contributed by atoms with van der Waals surface area (Å²) in [4.78, 5) is 17.3. The third-order valence-electron chi connectivity index (χ3n) is 5.51. The Balaban J connectivity index is 2.22. The van der Waals surface area contributed by atoms with Crippen molar-refractivity contribution >= 4 is 28.8 Å². The zero-order chi connectivity index (χ0) is 28.2. The molecule has 10 nitrogen and oxygen atoms in total. The summed E-state index contributed by atoms with van der Waals surface area (Å²) in [7, 11) is 3.05. The maximum absolute atomic E-state index is 13.5. The smallest absolute Gasteiger partial charge is 0.425 e. The number of hydrogen-bond acceptors (Lipinski definition) is 7. The van der Waals surface area contributed by atoms with Gasteiger partial charge in [-0.1, -0.05) is 0 Å². The molecule has 1 amide bonds. The van der Waals surface area contributed by atoms with Crippen LogP contribution in [0.25, 0.3) is 10.9 Å². The molecule has 15 heteroatoms. The molecular formula is C23H25F5N6O4. The van der Waals surface area contributed by atoms with Crippen LogP contribution >= 0.6 is 0 Å². The standard InChI is InChI=1S/C23H25F5N6O4/c1-5-32(3)18(11-35)30-34(12-36)14-9-16-19(17(10-14)37-13(2)23(26,27)28)22(31-33(16)4)38-21-15(20(24)25)7-6-8-29-21/h6-10,12-13,20,35H,5,11H2,1-4H3/b30-18-. The molecular weight excluding hydrogens is 519 g/mol. The van der Waals surface area contributed by atoms with Gasteiger partial charge in [-0.3, -0.25) is 9.48 Å². The first-order valence-corrected chi connectivity index (χ1v) is 11.2. The fourth-order valence-corrected chi connectivity index (χ4v) is 3.27. The number of fused-ring (bicyclic) bond motifs is 1. The van der Waals surface area contributed by atoms with E-state index >= 15 is 0 Å². The first kappa shape index (κ1) is 28.6. The van der Waals surface area contributed by atoms with Gasteiger partial charge in [-0.15, -0.1) is 10.2 Å². The SMILES string of the molecule is CCN(C)/C(CO)=N\N(C=O)c1cc(OC(C)C(F)(F)F)c2c(Oc3ncccc3C(F)F)nn(C)c2c1. The summed E-state index contributed by atoms with van der Waals surface area (Å²) in [6, 6.07) is 4.84. The van der Waals surface area contributed by atoms with Crippen LogP contribution in [0, 0.1) is 0 Å². The zero-order valence-electron chi connectivity index (χ0n) is 20.8. The summed E-state index contributed by atoms with van der Waals surface area (Å²) in [6.45, 7) is 2.48. The number of rotatable bonds is 10. The fourth-order valence-electron chi connectivity index (χ4n) is 3.27. The number of benzene rings is 1. The minimum atomic E-state index is -4.76. The van der Waals surface area contributed by atoms with Crippen molar-refractivity contribution in [2.24, 2.45) is 12.1 Å². The van der Waals surface area contributed by atoms with Crippen LogP contribution in [-0.2, 0) is 11.8 Å². The number of ether oxygens (including phenoxy) is 2. The molecule has 1 aromatic carbocycles. The number of halogens is 5. The molecule has 2 aromatic heterocycles. The lowest BCUT2D eigenvalue weighted by atomic mass is 10.2. The van der Waals surface area contributed by atoms with E-state index < -0.39 is 42.5 Å². The largest absolute Gasteiger partial charge is 0.480 e. The number of carbonyl (C=O) groups excluding carboxylic acids is 1. The molecule has 0 radical (unpaired) electrons. The average molecular weight is 544 g/mol. The zero-order valence-corrected chi connectivity index (χ0v) is 20.8. The monoisotopic (exact) mass is 544 g/mol. The number of nitrogens with zero attached hydrogens (tertiary/aromatic N) is 6. The van der Waals surface area contributed by atoms with Crippen LogP contribution in [0.15, 0.2) is 35.6 Å². The number of carbonyl (C=O) groups is 1. The maximum Gasteiger partial charge on any atom is 0.425 e. The molecule has 0 bridgehead atoms. The van der Waals surface area contributed by atoms with Crippen molar-refractivity contribution in [3.8, 4) is 17.5 Å². The van der Waals surface area contributed by atoms with E-state index in [0.717, 1.165) is 24.1 Å². The van der Waals surface area contributed by atoms with Gasteiger partial charge in [0, 0.05) is 32.9 Å². The topological polar surface area (TPSA) is 105 Å². The number of amidine groups is 1. The highest BCUT2D eigenvalue weighted by Gasteiger charge is 2.39. The van der Waals surface area contributed by atoms with Gasteiger partial charge in [0.15, 0.2) is 11.9 Å². The Morgan fingerprint density at radius 1 is 1.29 bits per heavy atom. The first-order chi connectivity index (χ1) is 17.9. The summed E-state index contributed by atoms with van der Waals surface area (Å²) in [6.07, 6.45) is -8.49. The Hall–Kier alpha value is -4.01. The summed E-state index contributed by atoms with van der Waals surface area (Å²) in [5.74, 6) is -1.14. The van der Waals surface area contributed by atoms with Gasteiger partial charge in [-0.25, -0.2) is 18.8 Å². The van der Waals surface area contributed by atoms with Gasteiger partial charge in [-0.05, 0) is 32.0 Å². The lowest BCUT2D eigenvalue weighted by molar-refractivity contribution is -0.189. The Kier molecular flexibility index (Phi) is 8.70. The Morgan fingerprint density at radius 3 is 2.58 bits per heavy atom. The molecule has 38 heavy (non-hydrogen) atoms. The van der Waals surface area contributed by atoms with Crippen LogP contribution in [0.4, 0.5) is 27.6 Å². The number of amides is 1. The van der Waals surface area contributed by atoms with Crippen LogP contribution in [-0.4, -0.2) is 69.5 Å². The van der Waals surface area contributed by atoms with E-state index in [-0.39, 0.29) is 28.3 Å². The molecule has 0 aliphatic rings. The highest BCUT2D eigenvalue weighted by atomic mass is 19.4. The molecule has 0 spiro atoms. The molecule has 0 aliphatic heterocycles. The number of aryl methyl sites for hydroxylation is 1. The number of pyridine rings is 1. The molecule has 0 saturated heterocycles. The highest BCUT2D eigenvalue weighted by Crippen LogP contribution is 2.41. The normalized spacial score (nSPS) is 13.1. The van der Waals surface area contributed by atoms with Crippen molar-refractivity contribution in [2.75, 3.05) is 25.2 Å². The maximum atomic E-state index is 13.5.